The van der Waals surface area contributed by atoms with Crippen molar-refractivity contribution >= 4 is 43.2 Å². The summed E-state index contributed by atoms with van der Waals surface area (Å²) in [6.45, 7) is 2.01. The summed E-state index contributed by atoms with van der Waals surface area (Å²) in [5.41, 5.74) is 1.51. The number of carbonyl (C=O) groups is 1. The number of rotatable bonds is 6. The summed E-state index contributed by atoms with van der Waals surface area (Å²) in [4.78, 5) is 34.4. The predicted octanol–water partition coefficient (Wildman–Crippen LogP) is 4.27. The standard InChI is InChI=1S/C25H23N3O5S2/c1-15-7-12-19-20(13-15)34-24-22(19)23(29)26-21(27-24)14-33-25(30)16-8-10-18(11-9-16)35(31,32)28-17-5-3-2-4-6-17/h2-6,8-11,15,28H,7,12-14H2,1H3,(H,26,27,29). The molecule has 2 aromatic heterocycles. The number of anilines is 1. The van der Waals surface area contributed by atoms with E-state index in [-0.39, 0.29) is 28.4 Å². The Kier molecular flexibility index (Phi) is 6.16. The maximum atomic E-state index is 12.7. The van der Waals surface area contributed by atoms with Crippen LogP contribution < -0.4 is 10.3 Å². The molecule has 0 aliphatic heterocycles. The van der Waals surface area contributed by atoms with Gasteiger partial charge >= 0.3 is 5.97 Å². The average molecular weight is 510 g/mol. The monoisotopic (exact) mass is 509 g/mol. The molecule has 0 amide bonds. The van der Waals surface area contributed by atoms with Crippen LogP contribution in [0.5, 0.6) is 0 Å². The Labute approximate surface area is 206 Å². The lowest BCUT2D eigenvalue weighted by Crippen LogP contribution is -2.16. The van der Waals surface area contributed by atoms with E-state index in [0.29, 0.717) is 21.8 Å². The highest BCUT2D eigenvalue weighted by Gasteiger charge is 2.23. The molecule has 1 atom stereocenters. The van der Waals surface area contributed by atoms with Gasteiger partial charge in [-0.1, -0.05) is 25.1 Å². The van der Waals surface area contributed by atoms with Crippen molar-refractivity contribution in [2.75, 3.05) is 4.72 Å². The molecule has 1 aliphatic rings. The minimum absolute atomic E-state index is 0.0188. The normalized spacial score (nSPS) is 15.5. The van der Waals surface area contributed by atoms with Crippen molar-refractivity contribution in [1.29, 1.82) is 0 Å². The number of thiophene rings is 1. The van der Waals surface area contributed by atoms with Crippen molar-refractivity contribution in [3.8, 4) is 0 Å². The maximum absolute atomic E-state index is 12.7. The summed E-state index contributed by atoms with van der Waals surface area (Å²) in [5.74, 6) is 0.214. The molecule has 0 saturated carbocycles. The van der Waals surface area contributed by atoms with E-state index < -0.39 is 16.0 Å². The number of esters is 1. The number of aryl methyl sites for hydroxylation is 1. The van der Waals surface area contributed by atoms with Crippen LogP contribution in [0.15, 0.2) is 64.3 Å². The number of nitrogens with zero attached hydrogens (tertiary/aromatic N) is 1. The second-order valence-corrected chi connectivity index (χ2v) is 11.4. The van der Waals surface area contributed by atoms with E-state index in [0.717, 1.165) is 24.8 Å². The van der Waals surface area contributed by atoms with Crippen LogP contribution in [0.3, 0.4) is 0 Å². The largest absolute Gasteiger partial charge is 0.454 e. The number of aromatic nitrogens is 2. The molecular formula is C25H23N3O5S2. The first-order valence-corrected chi connectivity index (χ1v) is 13.5. The van der Waals surface area contributed by atoms with Crippen molar-refractivity contribution in [3.05, 3.63) is 86.8 Å². The molecule has 5 rings (SSSR count). The van der Waals surface area contributed by atoms with Gasteiger partial charge < -0.3 is 9.72 Å². The van der Waals surface area contributed by atoms with Gasteiger partial charge in [-0.3, -0.25) is 9.52 Å². The molecule has 1 unspecified atom stereocenters. The molecule has 8 nitrogen and oxygen atoms in total. The summed E-state index contributed by atoms with van der Waals surface area (Å²) in [6.07, 6.45) is 2.88. The van der Waals surface area contributed by atoms with Crippen LogP contribution in [0.25, 0.3) is 10.2 Å². The Morgan fingerprint density at radius 1 is 1.17 bits per heavy atom. The van der Waals surface area contributed by atoms with Crippen molar-refractivity contribution in [2.45, 2.75) is 37.7 Å². The number of nitrogens with one attached hydrogen (secondary N) is 2. The number of carbonyl (C=O) groups excluding carboxylic acids is 1. The SMILES string of the molecule is CC1CCc2c(sc3nc(COC(=O)c4ccc(S(=O)(=O)Nc5ccccc5)cc4)[nH]c(=O)c23)C1. The van der Waals surface area contributed by atoms with Crippen molar-refractivity contribution < 1.29 is 17.9 Å². The first-order valence-electron chi connectivity index (χ1n) is 11.2. The number of hydrogen-bond acceptors (Lipinski definition) is 7. The summed E-state index contributed by atoms with van der Waals surface area (Å²) in [6, 6.07) is 14.0. The highest BCUT2D eigenvalue weighted by atomic mass is 32.2. The first-order chi connectivity index (χ1) is 16.8. The molecule has 0 fully saturated rings. The smallest absolute Gasteiger partial charge is 0.338 e. The lowest BCUT2D eigenvalue weighted by molar-refractivity contribution is 0.0462. The number of para-hydroxylation sites is 1. The summed E-state index contributed by atoms with van der Waals surface area (Å²) in [5, 5.41) is 0.646. The lowest BCUT2D eigenvalue weighted by atomic mass is 9.89. The fraction of sp³-hybridized carbons (Fsp3) is 0.240. The zero-order valence-corrected chi connectivity index (χ0v) is 20.5. The van der Waals surface area contributed by atoms with Crippen molar-refractivity contribution in [2.24, 2.45) is 5.92 Å². The molecule has 180 valence electrons. The lowest BCUT2D eigenvalue weighted by Gasteiger charge is -2.17. The van der Waals surface area contributed by atoms with Crippen LogP contribution >= 0.6 is 11.3 Å². The molecule has 10 heteroatoms. The molecule has 4 aromatic rings. The zero-order chi connectivity index (χ0) is 24.6. The Morgan fingerprint density at radius 3 is 2.66 bits per heavy atom. The molecule has 2 N–H and O–H groups in total. The van der Waals surface area contributed by atoms with Gasteiger partial charge in [0.15, 0.2) is 0 Å². The van der Waals surface area contributed by atoms with Crippen LogP contribution in [0.2, 0.25) is 0 Å². The molecule has 1 aliphatic carbocycles. The zero-order valence-electron chi connectivity index (χ0n) is 18.9. The number of fused-ring (bicyclic) bond motifs is 3. The molecule has 2 heterocycles. The fourth-order valence-electron chi connectivity index (χ4n) is 4.17. The second-order valence-electron chi connectivity index (χ2n) is 8.62. The van der Waals surface area contributed by atoms with Gasteiger partial charge in [0.25, 0.3) is 15.6 Å². The van der Waals surface area contributed by atoms with Gasteiger partial charge in [-0.25, -0.2) is 18.2 Å². The topological polar surface area (TPSA) is 118 Å². The molecule has 35 heavy (non-hydrogen) atoms. The van der Waals surface area contributed by atoms with E-state index in [1.807, 2.05) is 0 Å². The van der Waals surface area contributed by atoms with E-state index >= 15 is 0 Å². The van der Waals surface area contributed by atoms with Crippen LogP contribution in [-0.4, -0.2) is 24.4 Å². The Hall–Kier alpha value is -3.50. The molecule has 0 bridgehead atoms. The minimum Gasteiger partial charge on any atom is -0.454 e. The number of aromatic amines is 1. The van der Waals surface area contributed by atoms with E-state index in [4.69, 9.17) is 4.74 Å². The average Bonchev–Trinajstić information content (AvgIpc) is 3.21. The number of benzene rings is 2. The van der Waals surface area contributed by atoms with E-state index in [1.54, 1.807) is 30.3 Å². The Morgan fingerprint density at radius 2 is 1.91 bits per heavy atom. The highest BCUT2D eigenvalue weighted by molar-refractivity contribution is 7.92. The van der Waals surface area contributed by atoms with Gasteiger partial charge in [-0.05, 0) is 67.1 Å². The number of sulfonamides is 1. The maximum Gasteiger partial charge on any atom is 0.338 e. The van der Waals surface area contributed by atoms with Crippen LogP contribution in [0, 0.1) is 5.92 Å². The van der Waals surface area contributed by atoms with Crippen LogP contribution in [0.4, 0.5) is 5.69 Å². The van der Waals surface area contributed by atoms with Crippen LogP contribution in [0.1, 0.15) is 40.0 Å². The summed E-state index contributed by atoms with van der Waals surface area (Å²) >= 11 is 1.53. The quantitative estimate of drug-likeness (QED) is 0.375. The third-order valence-corrected chi connectivity index (χ3v) is 8.53. The van der Waals surface area contributed by atoms with E-state index in [1.165, 1.54) is 40.5 Å². The number of H-pyrrole nitrogens is 1. The van der Waals surface area contributed by atoms with Gasteiger partial charge in [-0.15, -0.1) is 11.3 Å². The third-order valence-electron chi connectivity index (χ3n) is 5.98. The third kappa shape index (κ3) is 4.85. The van der Waals surface area contributed by atoms with Gasteiger partial charge in [0.1, 0.15) is 17.3 Å². The Bertz CT molecular complexity index is 1560. The van der Waals surface area contributed by atoms with Gasteiger partial charge in [0, 0.05) is 10.6 Å². The molecule has 0 spiro atoms. The minimum atomic E-state index is -3.79. The van der Waals surface area contributed by atoms with Crippen LogP contribution in [-0.2, 0) is 34.2 Å². The first kappa shape index (κ1) is 23.3. The Balaban J connectivity index is 1.28. The summed E-state index contributed by atoms with van der Waals surface area (Å²) in [7, 11) is -3.79. The van der Waals surface area contributed by atoms with Gasteiger partial charge in [0.2, 0.25) is 0 Å². The molecular weight excluding hydrogens is 486 g/mol. The molecule has 0 radical (unpaired) electrons. The fourth-order valence-corrected chi connectivity index (χ4v) is 6.63. The summed E-state index contributed by atoms with van der Waals surface area (Å²) < 4.78 is 32.9. The number of ether oxygens (including phenoxy) is 1. The number of hydrogen-bond donors (Lipinski definition) is 2. The van der Waals surface area contributed by atoms with Crippen molar-refractivity contribution in [3.63, 3.8) is 0 Å². The van der Waals surface area contributed by atoms with Gasteiger partial charge in [0.05, 0.1) is 15.8 Å². The molecule has 0 saturated heterocycles. The van der Waals surface area contributed by atoms with E-state index in [2.05, 4.69) is 21.6 Å². The van der Waals surface area contributed by atoms with Gasteiger partial charge in [-0.2, -0.15) is 0 Å². The second kappa shape index (κ2) is 9.27. The predicted molar refractivity (Wildman–Crippen MR) is 134 cm³/mol. The molecule has 2 aromatic carbocycles. The van der Waals surface area contributed by atoms with Crippen molar-refractivity contribution in [1.82, 2.24) is 9.97 Å². The van der Waals surface area contributed by atoms with E-state index in [9.17, 15) is 18.0 Å². The highest BCUT2D eigenvalue weighted by Crippen LogP contribution is 2.35.